The van der Waals surface area contributed by atoms with Gasteiger partial charge >= 0.3 is 0 Å². The number of carbonyl (C=O) groups is 1. The third kappa shape index (κ3) is 2.56. The van der Waals surface area contributed by atoms with Crippen LogP contribution in [-0.4, -0.2) is 27.7 Å². The molecule has 5 heteroatoms. The molecule has 1 aromatic heterocycles. The maximum Gasteiger partial charge on any atom is 0.170 e. The minimum absolute atomic E-state index is 0.0107. The predicted octanol–water partition coefficient (Wildman–Crippen LogP) is 1.73. The normalized spacial score (nSPS) is 10.3. The zero-order chi connectivity index (χ0) is 13.0. The van der Waals surface area contributed by atoms with Gasteiger partial charge in [-0.05, 0) is 19.1 Å². The lowest BCUT2D eigenvalue weighted by Crippen LogP contribution is -2.10. The number of methoxy groups -OCH3 is 1. The van der Waals surface area contributed by atoms with Gasteiger partial charge in [0, 0.05) is 12.1 Å². The van der Waals surface area contributed by atoms with E-state index in [2.05, 4.69) is 10.1 Å². The number of aryl methyl sites for hydroxylation is 1. The van der Waals surface area contributed by atoms with Crippen LogP contribution in [0, 0.1) is 0 Å². The summed E-state index contributed by atoms with van der Waals surface area (Å²) in [5.41, 5.74) is 0.625. The highest BCUT2D eigenvalue weighted by Crippen LogP contribution is 2.14. The number of ketones is 1. The van der Waals surface area contributed by atoms with Crippen LogP contribution in [0.4, 0.5) is 0 Å². The molecule has 0 unspecified atom stereocenters. The van der Waals surface area contributed by atoms with Crippen molar-refractivity contribution in [2.24, 2.45) is 0 Å². The number of benzene rings is 1. The van der Waals surface area contributed by atoms with E-state index in [4.69, 9.17) is 4.74 Å². The molecule has 0 aliphatic heterocycles. The molecule has 0 aliphatic rings. The lowest BCUT2D eigenvalue weighted by molar-refractivity contribution is 0.0989. The van der Waals surface area contributed by atoms with E-state index in [9.17, 15) is 4.79 Å². The fraction of sp³-hybridized carbons (Fsp3) is 0.308. The Morgan fingerprint density at radius 2 is 2.28 bits per heavy atom. The number of aromatic nitrogens is 3. The number of hydrogen-bond donors (Lipinski definition) is 0. The SMILES string of the molecule is CCn1ncnc1CC(=O)c1cccc(OC)c1. The molecule has 1 heterocycles. The molecule has 2 rings (SSSR count). The maximum absolute atomic E-state index is 12.1. The zero-order valence-electron chi connectivity index (χ0n) is 10.5. The number of rotatable bonds is 5. The molecule has 0 fully saturated rings. The minimum Gasteiger partial charge on any atom is -0.497 e. The van der Waals surface area contributed by atoms with Gasteiger partial charge in [0.15, 0.2) is 5.78 Å². The molecule has 18 heavy (non-hydrogen) atoms. The van der Waals surface area contributed by atoms with E-state index in [0.717, 1.165) is 0 Å². The molecule has 0 bridgehead atoms. The molecular formula is C13H15N3O2. The summed E-state index contributed by atoms with van der Waals surface area (Å²) in [5, 5.41) is 4.04. The van der Waals surface area contributed by atoms with Crippen molar-refractivity contribution in [2.75, 3.05) is 7.11 Å². The van der Waals surface area contributed by atoms with Crippen LogP contribution >= 0.6 is 0 Å². The van der Waals surface area contributed by atoms with Crippen LogP contribution in [0.15, 0.2) is 30.6 Å². The van der Waals surface area contributed by atoms with Crippen LogP contribution in [-0.2, 0) is 13.0 Å². The Labute approximate surface area is 105 Å². The van der Waals surface area contributed by atoms with Crippen molar-refractivity contribution in [3.8, 4) is 5.75 Å². The van der Waals surface area contributed by atoms with Gasteiger partial charge in [0.2, 0.25) is 0 Å². The highest BCUT2D eigenvalue weighted by Gasteiger charge is 2.12. The van der Waals surface area contributed by atoms with Gasteiger partial charge in [-0.1, -0.05) is 12.1 Å². The summed E-state index contributed by atoms with van der Waals surface area (Å²) in [6.07, 6.45) is 1.72. The second kappa shape index (κ2) is 5.44. The van der Waals surface area contributed by atoms with E-state index in [1.165, 1.54) is 6.33 Å². The van der Waals surface area contributed by atoms with Crippen molar-refractivity contribution in [1.29, 1.82) is 0 Å². The first-order valence-corrected chi connectivity index (χ1v) is 5.78. The first kappa shape index (κ1) is 12.3. The minimum atomic E-state index is 0.0107. The smallest absolute Gasteiger partial charge is 0.170 e. The molecule has 0 amide bonds. The van der Waals surface area contributed by atoms with Crippen LogP contribution in [0.25, 0.3) is 0 Å². The molecular weight excluding hydrogens is 230 g/mol. The van der Waals surface area contributed by atoms with Crippen molar-refractivity contribution in [3.05, 3.63) is 42.0 Å². The lowest BCUT2D eigenvalue weighted by Gasteiger charge is -2.04. The van der Waals surface area contributed by atoms with E-state index >= 15 is 0 Å². The highest BCUT2D eigenvalue weighted by molar-refractivity contribution is 5.97. The van der Waals surface area contributed by atoms with Crippen LogP contribution in [0.3, 0.4) is 0 Å². The molecule has 1 aromatic carbocycles. The van der Waals surface area contributed by atoms with E-state index < -0.39 is 0 Å². The number of ether oxygens (including phenoxy) is 1. The summed E-state index contributed by atoms with van der Waals surface area (Å²) in [4.78, 5) is 16.2. The lowest BCUT2D eigenvalue weighted by atomic mass is 10.1. The van der Waals surface area contributed by atoms with E-state index in [-0.39, 0.29) is 12.2 Å². The average molecular weight is 245 g/mol. The molecule has 0 saturated heterocycles. The molecule has 5 nitrogen and oxygen atoms in total. The van der Waals surface area contributed by atoms with Gasteiger partial charge in [-0.15, -0.1) is 0 Å². The molecule has 2 aromatic rings. The third-order valence-corrected chi connectivity index (χ3v) is 2.71. The second-order valence-electron chi connectivity index (χ2n) is 3.82. The standard InChI is InChI=1S/C13H15N3O2/c1-3-16-13(14-9-15-16)8-12(17)10-5-4-6-11(7-10)18-2/h4-7,9H,3,8H2,1-2H3. The van der Waals surface area contributed by atoms with Gasteiger partial charge in [0.25, 0.3) is 0 Å². The quantitative estimate of drug-likeness (QED) is 0.753. The summed E-state index contributed by atoms with van der Waals surface area (Å²) in [5.74, 6) is 1.37. The molecule has 0 N–H and O–H groups in total. The second-order valence-corrected chi connectivity index (χ2v) is 3.82. The maximum atomic E-state index is 12.1. The van der Waals surface area contributed by atoms with Crippen LogP contribution in [0.5, 0.6) is 5.75 Å². The average Bonchev–Trinajstić information content (AvgIpc) is 2.86. The van der Waals surface area contributed by atoms with Crippen molar-refractivity contribution in [2.45, 2.75) is 19.9 Å². The van der Waals surface area contributed by atoms with Gasteiger partial charge in [0.1, 0.15) is 17.9 Å². The summed E-state index contributed by atoms with van der Waals surface area (Å²) in [6, 6.07) is 7.12. The predicted molar refractivity (Wildman–Crippen MR) is 66.7 cm³/mol. The largest absolute Gasteiger partial charge is 0.497 e. The highest BCUT2D eigenvalue weighted by atomic mass is 16.5. The summed E-state index contributed by atoms with van der Waals surface area (Å²) in [7, 11) is 1.58. The fourth-order valence-corrected chi connectivity index (χ4v) is 1.73. The molecule has 0 saturated carbocycles. The van der Waals surface area contributed by atoms with Crippen molar-refractivity contribution >= 4 is 5.78 Å². The fourth-order valence-electron chi connectivity index (χ4n) is 1.73. The first-order chi connectivity index (χ1) is 8.74. The Balaban J connectivity index is 2.16. The van der Waals surface area contributed by atoms with E-state index in [1.54, 1.807) is 30.0 Å². The van der Waals surface area contributed by atoms with E-state index in [0.29, 0.717) is 23.7 Å². The van der Waals surface area contributed by atoms with Crippen LogP contribution in [0.1, 0.15) is 23.1 Å². The molecule has 0 aliphatic carbocycles. The Hall–Kier alpha value is -2.17. The number of carbonyl (C=O) groups excluding carboxylic acids is 1. The van der Waals surface area contributed by atoms with Gasteiger partial charge in [0.05, 0.1) is 13.5 Å². The van der Waals surface area contributed by atoms with E-state index in [1.807, 2.05) is 13.0 Å². The van der Waals surface area contributed by atoms with Crippen molar-refractivity contribution in [3.63, 3.8) is 0 Å². The number of Topliss-reactive ketones (excluding diaryl/α,β-unsaturated/α-hetero) is 1. The van der Waals surface area contributed by atoms with Crippen LogP contribution < -0.4 is 4.74 Å². The molecule has 94 valence electrons. The first-order valence-electron chi connectivity index (χ1n) is 5.78. The van der Waals surface area contributed by atoms with Crippen LogP contribution in [0.2, 0.25) is 0 Å². The number of nitrogens with zero attached hydrogens (tertiary/aromatic N) is 3. The van der Waals surface area contributed by atoms with Gasteiger partial charge in [-0.3, -0.25) is 4.79 Å². The molecule has 0 radical (unpaired) electrons. The Morgan fingerprint density at radius 3 is 3.00 bits per heavy atom. The topological polar surface area (TPSA) is 57.0 Å². The molecule has 0 spiro atoms. The summed E-state index contributed by atoms with van der Waals surface area (Å²) < 4.78 is 6.82. The zero-order valence-corrected chi connectivity index (χ0v) is 10.5. The molecule has 0 atom stereocenters. The third-order valence-electron chi connectivity index (χ3n) is 2.71. The van der Waals surface area contributed by atoms with Gasteiger partial charge < -0.3 is 4.74 Å². The Morgan fingerprint density at radius 1 is 1.44 bits per heavy atom. The Bertz CT molecular complexity index is 549. The number of hydrogen-bond acceptors (Lipinski definition) is 4. The Kier molecular flexibility index (Phi) is 3.72. The van der Waals surface area contributed by atoms with Crippen molar-refractivity contribution < 1.29 is 9.53 Å². The van der Waals surface area contributed by atoms with Crippen molar-refractivity contribution in [1.82, 2.24) is 14.8 Å². The monoisotopic (exact) mass is 245 g/mol. The summed E-state index contributed by atoms with van der Waals surface area (Å²) in [6.45, 7) is 2.68. The summed E-state index contributed by atoms with van der Waals surface area (Å²) >= 11 is 0. The van der Waals surface area contributed by atoms with Gasteiger partial charge in [-0.2, -0.15) is 5.10 Å². The van der Waals surface area contributed by atoms with Gasteiger partial charge in [-0.25, -0.2) is 9.67 Å².